The van der Waals surface area contributed by atoms with Gasteiger partial charge in [-0.3, -0.25) is 20.8 Å². The number of carbonyl (C=O) groups excluding carboxylic acids is 2. The summed E-state index contributed by atoms with van der Waals surface area (Å²) >= 11 is 0. The van der Waals surface area contributed by atoms with E-state index in [9.17, 15) is 9.59 Å². The number of imide groups is 1. The highest BCUT2D eigenvalue weighted by Crippen LogP contribution is 2.35. The number of urea groups is 1. The Bertz CT molecular complexity index is 292. The first-order valence-corrected chi connectivity index (χ1v) is 5.20. The molecule has 3 amide bonds. The van der Waals surface area contributed by atoms with Gasteiger partial charge < -0.3 is 0 Å². The first-order valence-electron chi connectivity index (χ1n) is 5.20. The van der Waals surface area contributed by atoms with Crippen LogP contribution in [-0.2, 0) is 4.79 Å². The van der Waals surface area contributed by atoms with Crippen LogP contribution in [0.4, 0.5) is 4.79 Å². The van der Waals surface area contributed by atoms with Crippen molar-refractivity contribution in [2.75, 3.05) is 0 Å². The number of rotatable bonds is 3. The third-order valence-electron chi connectivity index (χ3n) is 3.33. The maximum Gasteiger partial charge on any atom is 0.326 e. The van der Waals surface area contributed by atoms with E-state index in [1.807, 2.05) is 20.8 Å². The second-order valence-electron chi connectivity index (χ2n) is 3.92. The van der Waals surface area contributed by atoms with Crippen LogP contribution in [0.5, 0.6) is 0 Å². The molecule has 15 heavy (non-hydrogen) atoms. The fraction of sp³-hybridized carbons (Fsp3) is 0.700. The van der Waals surface area contributed by atoms with Crippen molar-refractivity contribution in [1.82, 2.24) is 10.6 Å². The van der Waals surface area contributed by atoms with Gasteiger partial charge in [-0.25, -0.2) is 4.79 Å². The van der Waals surface area contributed by atoms with Crippen LogP contribution in [-0.4, -0.2) is 17.8 Å². The fourth-order valence-electron chi connectivity index (χ4n) is 2.09. The Kier molecular flexibility index (Phi) is 3.12. The van der Waals surface area contributed by atoms with Crippen molar-refractivity contribution in [2.45, 2.75) is 33.6 Å². The Hall–Kier alpha value is -1.39. The van der Waals surface area contributed by atoms with Crippen molar-refractivity contribution in [3.05, 3.63) is 0 Å². The van der Waals surface area contributed by atoms with Crippen molar-refractivity contribution in [1.29, 1.82) is 5.41 Å². The zero-order valence-electron chi connectivity index (χ0n) is 9.31. The molecule has 1 heterocycles. The second-order valence-corrected chi connectivity index (χ2v) is 3.92. The monoisotopic (exact) mass is 211 g/mol. The van der Waals surface area contributed by atoms with E-state index < -0.39 is 11.4 Å². The molecule has 1 saturated heterocycles. The fourth-order valence-corrected chi connectivity index (χ4v) is 2.09. The van der Waals surface area contributed by atoms with E-state index in [4.69, 9.17) is 5.41 Å². The maximum absolute atomic E-state index is 11.9. The van der Waals surface area contributed by atoms with E-state index in [0.29, 0.717) is 6.42 Å². The van der Waals surface area contributed by atoms with Gasteiger partial charge in [0.05, 0.1) is 0 Å². The minimum absolute atomic E-state index is 0.0214. The van der Waals surface area contributed by atoms with Crippen LogP contribution < -0.4 is 10.6 Å². The summed E-state index contributed by atoms with van der Waals surface area (Å²) in [7, 11) is 0. The van der Waals surface area contributed by atoms with Crippen molar-refractivity contribution >= 4 is 17.8 Å². The van der Waals surface area contributed by atoms with E-state index in [1.54, 1.807) is 0 Å². The summed E-state index contributed by atoms with van der Waals surface area (Å²) in [6, 6.07) is -0.600. The highest BCUT2D eigenvalue weighted by molar-refractivity contribution is 6.20. The van der Waals surface area contributed by atoms with E-state index in [2.05, 4.69) is 10.6 Å². The predicted octanol–water partition coefficient (Wildman–Crippen LogP) is 1.25. The standard InChI is InChI=1S/C10H17N3O2/c1-4-6(3)10(5-2)7(11)12-9(15)13-8(10)14/h6H,4-5H2,1-3H3,(H3,11,12,13,14,15)/t6-,10+/m0/s1. The molecule has 5 heteroatoms. The average Bonchev–Trinajstić information content (AvgIpc) is 2.17. The van der Waals surface area contributed by atoms with Crippen molar-refractivity contribution < 1.29 is 9.59 Å². The van der Waals surface area contributed by atoms with E-state index in [1.165, 1.54) is 0 Å². The first kappa shape index (κ1) is 11.7. The highest BCUT2D eigenvalue weighted by atomic mass is 16.2. The van der Waals surface area contributed by atoms with Crippen LogP contribution in [0, 0.1) is 16.7 Å². The molecular formula is C10H17N3O2. The van der Waals surface area contributed by atoms with Gasteiger partial charge in [0.15, 0.2) is 0 Å². The summed E-state index contributed by atoms with van der Waals surface area (Å²) in [5.74, 6) is -0.295. The van der Waals surface area contributed by atoms with Gasteiger partial charge >= 0.3 is 6.03 Å². The molecule has 3 N–H and O–H groups in total. The molecule has 84 valence electrons. The molecule has 0 radical (unpaired) electrons. The van der Waals surface area contributed by atoms with E-state index in [0.717, 1.165) is 6.42 Å². The molecule has 0 aromatic heterocycles. The third kappa shape index (κ3) is 1.62. The maximum atomic E-state index is 11.9. The lowest BCUT2D eigenvalue weighted by Crippen LogP contribution is -2.64. The van der Waals surface area contributed by atoms with Crippen molar-refractivity contribution in [3.63, 3.8) is 0 Å². The lowest BCUT2D eigenvalue weighted by Gasteiger charge is -2.39. The Morgan fingerprint density at radius 3 is 2.33 bits per heavy atom. The quantitative estimate of drug-likeness (QED) is 0.656. The van der Waals surface area contributed by atoms with Crippen LogP contribution in [0.2, 0.25) is 0 Å². The van der Waals surface area contributed by atoms with Crippen LogP contribution >= 0.6 is 0 Å². The van der Waals surface area contributed by atoms with Gasteiger partial charge in [0, 0.05) is 0 Å². The predicted molar refractivity (Wildman–Crippen MR) is 56.6 cm³/mol. The number of hydrogen-bond acceptors (Lipinski definition) is 3. The number of amidine groups is 1. The van der Waals surface area contributed by atoms with Gasteiger partial charge in [-0.15, -0.1) is 0 Å². The zero-order valence-corrected chi connectivity index (χ0v) is 9.31. The van der Waals surface area contributed by atoms with E-state index in [-0.39, 0.29) is 17.7 Å². The third-order valence-corrected chi connectivity index (χ3v) is 3.33. The lowest BCUT2D eigenvalue weighted by atomic mass is 9.70. The van der Waals surface area contributed by atoms with Gasteiger partial charge in [0.2, 0.25) is 5.91 Å². The molecule has 0 saturated carbocycles. The molecule has 2 atom stereocenters. The molecule has 1 aliphatic heterocycles. The first-order chi connectivity index (χ1) is 6.98. The molecule has 0 aliphatic carbocycles. The SMILES string of the molecule is CC[C@H](C)[C@]1(CC)C(=N)NC(=O)NC1=O. The normalized spacial score (nSPS) is 28.3. The number of carbonyl (C=O) groups is 2. The van der Waals surface area contributed by atoms with Gasteiger partial charge in [0.1, 0.15) is 11.3 Å². The summed E-state index contributed by atoms with van der Waals surface area (Å²) in [5.41, 5.74) is -0.872. The number of nitrogens with one attached hydrogen (secondary N) is 3. The molecule has 1 fully saturated rings. The van der Waals surface area contributed by atoms with Gasteiger partial charge in [-0.2, -0.15) is 0 Å². The van der Waals surface area contributed by atoms with Gasteiger partial charge in [0.25, 0.3) is 0 Å². The molecule has 1 aliphatic rings. The summed E-state index contributed by atoms with van der Waals surface area (Å²) < 4.78 is 0. The molecule has 1 rings (SSSR count). The smallest absolute Gasteiger partial charge is 0.295 e. The highest BCUT2D eigenvalue weighted by Gasteiger charge is 2.49. The Morgan fingerprint density at radius 2 is 1.93 bits per heavy atom. The largest absolute Gasteiger partial charge is 0.326 e. The Balaban J connectivity index is 3.11. The zero-order chi connectivity index (χ0) is 11.6. The molecule has 0 unspecified atom stereocenters. The van der Waals surface area contributed by atoms with Crippen LogP contribution in [0.3, 0.4) is 0 Å². The van der Waals surface area contributed by atoms with E-state index >= 15 is 0 Å². The molecule has 0 aromatic rings. The van der Waals surface area contributed by atoms with Gasteiger partial charge in [-0.1, -0.05) is 27.2 Å². The molecular weight excluding hydrogens is 194 g/mol. The van der Waals surface area contributed by atoms with Gasteiger partial charge in [-0.05, 0) is 12.3 Å². The summed E-state index contributed by atoms with van der Waals surface area (Å²) in [6.45, 7) is 5.76. The second kappa shape index (κ2) is 4.00. The Labute approximate surface area is 89.1 Å². The Morgan fingerprint density at radius 1 is 1.33 bits per heavy atom. The molecule has 0 aromatic carbocycles. The van der Waals surface area contributed by atoms with Crippen LogP contribution in [0.15, 0.2) is 0 Å². The van der Waals surface area contributed by atoms with Crippen molar-refractivity contribution in [3.8, 4) is 0 Å². The molecule has 0 spiro atoms. The van der Waals surface area contributed by atoms with Crippen LogP contribution in [0.25, 0.3) is 0 Å². The number of amides is 3. The lowest BCUT2D eigenvalue weighted by molar-refractivity contribution is -0.129. The average molecular weight is 211 g/mol. The molecule has 0 bridgehead atoms. The molecule has 5 nitrogen and oxygen atoms in total. The number of hydrogen-bond donors (Lipinski definition) is 3. The van der Waals surface area contributed by atoms with Crippen molar-refractivity contribution in [2.24, 2.45) is 11.3 Å². The topological polar surface area (TPSA) is 82.1 Å². The minimum Gasteiger partial charge on any atom is -0.295 e. The summed E-state index contributed by atoms with van der Waals surface area (Å²) in [5, 5.41) is 12.4. The summed E-state index contributed by atoms with van der Waals surface area (Å²) in [6.07, 6.45) is 1.31. The summed E-state index contributed by atoms with van der Waals surface area (Å²) in [4.78, 5) is 22.9. The minimum atomic E-state index is -0.872. The van der Waals surface area contributed by atoms with Crippen LogP contribution in [0.1, 0.15) is 33.6 Å².